The van der Waals surface area contributed by atoms with Crippen LogP contribution in [0.1, 0.15) is 25.0 Å². The smallest absolute Gasteiger partial charge is 0.270 e. The molecule has 0 radical (unpaired) electrons. The first-order valence-electron chi connectivity index (χ1n) is 5.09. The number of nitro groups is 1. The molecule has 0 fully saturated rings. The van der Waals surface area contributed by atoms with E-state index in [1.54, 1.807) is 0 Å². The highest BCUT2D eigenvalue weighted by atomic mass is 16.6. The Morgan fingerprint density at radius 3 is 2.88 bits per heavy atom. The first-order chi connectivity index (χ1) is 8.06. The number of hydrogen-bond donors (Lipinski definition) is 1. The van der Waals surface area contributed by atoms with Gasteiger partial charge in [-0.25, -0.2) is 0 Å². The van der Waals surface area contributed by atoms with Crippen LogP contribution in [0.4, 0.5) is 5.69 Å². The van der Waals surface area contributed by atoms with E-state index in [0.717, 1.165) is 0 Å². The van der Waals surface area contributed by atoms with E-state index in [1.807, 2.05) is 0 Å². The molecule has 0 aliphatic rings. The Hall–Kier alpha value is -2.06. The SMILES string of the molecule is C#CCCOc1ccc([N+](=O)[O-])cc1[C@H](C)O. The lowest BCUT2D eigenvalue weighted by atomic mass is 10.1. The minimum atomic E-state index is -0.837. The lowest BCUT2D eigenvalue weighted by Gasteiger charge is -2.12. The van der Waals surface area contributed by atoms with Crippen molar-refractivity contribution >= 4 is 5.69 Å². The second kappa shape index (κ2) is 5.87. The zero-order chi connectivity index (χ0) is 12.8. The lowest BCUT2D eigenvalue weighted by Crippen LogP contribution is -2.02. The second-order valence-electron chi connectivity index (χ2n) is 3.46. The van der Waals surface area contributed by atoms with Crippen molar-refractivity contribution in [2.45, 2.75) is 19.4 Å². The molecule has 0 spiro atoms. The molecule has 90 valence electrons. The molecule has 0 aliphatic carbocycles. The molecule has 1 atom stereocenters. The number of rotatable bonds is 5. The van der Waals surface area contributed by atoms with Crippen LogP contribution < -0.4 is 4.74 Å². The van der Waals surface area contributed by atoms with Crippen molar-refractivity contribution < 1.29 is 14.8 Å². The van der Waals surface area contributed by atoms with Gasteiger partial charge in [-0.2, -0.15) is 0 Å². The number of nitrogens with zero attached hydrogens (tertiary/aromatic N) is 1. The summed E-state index contributed by atoms with van der Waals surface area (Å²) in [4.78, 5) is 10.1. The van der Waals surface area contributed by atoms with Crippen LogP contribution in [-0.2, 0) is 0 Å². The van der Waals surface area contributed by atoms with E-state index in [-0.39, 0.29) is 5.69 Å². The van der Waals surface area contributed by atoms with Crippen LogP contribution in [0.15, 0.2) is 18.2 Å². The van der Waals surface area contributed by atoms with Crippen LogP contribution in [0.2, 0.25) is 0 Å². The second-order valence-corrected chi connectivity index (χ2v) is 3.46. The van der Waals surface area contributed by atoms with E-state index >= 15 is 0 Å². The zero-order valence-electron chi connectivity index (χ0n) is 9.42. The van der Waals surface area contributed by atoms with Gasteiger partial charge >= 0.3 is 0 Å². The summed E-state index contributed by atoms with van der Waals surface area (Å²) >= 11 is 0. The predicted molar refractivity (Wildman–Crippen MR) is 62.7 cm³/mol. The maximum Gasteiger partial charge on any atom is 0.270 e. The van der Waals surface area contributed by atoms with E-state index in [2.05, 4.69) is 5.92 Å². The highest BCUT2D eigenvalue weighted by Crippen LogP contribution is 2.29. The van der Waals surface area contributed by atoms with E-state index < -0.39 is 11.0 Å². The van der Waals surface area contributed by atoms with Crippen molar-refractivity contribution in [2.75, 3.05) is 6.61 Å². The fraction of sp³-hybridized carbons (Fsp3) is 0.333. The van der Waals surface area contributed by atoms with Gasteiger partial charge in [0.2, 0.25) is 0 Å². The maximum atomic E-state index is 10.6. The molecule has 0 aromatic heterocycles. The molecule has 17 heavy (non-hydrogen) atoms. The van der Waals surface area contributed by atoms with E-state index in [4.69, 9.17) is 11.2 Å². The van der Waals surface area contributed by atoms with Crippen LogP contribution in [0.5, 0.6) is 5.75 Å². The van der Waals surface area contributed by atoms with Crippen molar-refractivity contribution in [1.82, 2.24) is 0 Å². The van der Waals surface area contributed by atoms with Gasteiger partial charge in [-0.1, -0.05) is 0 Å². The van der Waals surface area contributed by atoms with Crippen LogP contribution in [0.25, 0.3) is 0 Å². The van der Waals surface area contributed by atoms with Gasteiger partial charge in [-0.05, 0) is 13.0 Å². The average Bonchev–Trinajstić information content (AvgIpc) is 2.29. The molecule has 0 amide bonds. The van der Waals surface area contributed by atoms with Gasteiger partial charge in [0.1, 0.15) is 5.75 Å². The van der Waals surface area contributed by atoms with Crippen molar-refractivity contribution in [1.29, 1.82) is 0 Å². The first-order valence-corrected chi connectivity index (χ1v) is 5.09. The van der Waals surface area contributed by atoms with E-state index in [9.17, 15) is 15.2 Å². The topological polar surface area (TPSA) is 72.6 Å². The molecule has 0 heterocycles. The van der Waals surface area contributed by atoms with Crippen LogP contribution in [0.3, 0.4) is 0 Å². The molecule has 1 aromatic rings. The van der Waals surface area contributed by atoms with Gasteiger partial charge in [-0.3, -0.25) is 10.1 Å². The standard InChI is InChI=1S/C12H13NO4/c1-3-4-7-17-12-6-5-10(13(15)16)8-11(12)9(2)14/h1,5-6,8-9,14H,4,7H2,2H3/t9-/m0/s1. The number of ether oxygens (including phenoxy) is 1. The number of aliphatic hydroxyl groups excluding tert-OH is 1. The molecule has 0 saturated carbocycles. The summed E-state index contributed by atoms with van der Waals surface area (Å²) in [6, 6.07) is 4.10. The quantitative estimate of drug-likeness (QED) is 0.367. The van der Waals surface area contributed by atoms with Gasteiger partial charge in [0, 0.05) is 24.1 Å². The number of hydrogen-bond acceptors (Lipinski definition) is 4. The molecule has 1 rings (SSSR count). The highest BCUT2D eigenvalue weighted by molar-refractivity contribution is 5.44. The molecule has 1 aromatic carbocycles. The molecule has 5 nitrogen and oxygen atoms in total. The Kier molecular flexibility index (Phi) is 4.49. The Labute approximate surface area is 99.2 Å². The third kappa shape index (κ3) is 3.47. The predicted octanol–water partition coefficient (Wildman–Crippen LogP) is 2.05. The number of nitro benzene ring substituents is 1. The summed E-state index contributed by atoms with van der Waals surface area (Å²) in [5.74, 6) is 2.84. The van der Waals surface area contributed by atoms with Gasteiger partial charge in [0.05, 0.1) is 17.6 Å². The minimum absolute atomic E-state index is 0.0785. The highest BCUT2D eigenvalue weighted by Gasteiger charge is 2.15. The number of aliphatic hydroxyl groups is 1. The van der Waals surface area contributed by atoms with Crippen LogP contribution in [0, 0.1) is 22.5 Å². The van der Waals surface area contributed by atoms with Gasteiger partial charge < -0.3 is 9.84 Å². The third-order valence-electron chi connectivity index (χ3n) is 2.16. The molecule has 0 unspecified atom stereocenters. The van der Waals surface area contributed by atoms with E-state index in [1.165, 1.54) is 25.1 Å². The number of non-ortho nitro benzene ring substituents is 1. The first kappa shape index (κ1) is 13.0. The monoisotopic (exact) mass is 235 g/mol. The van der Waals surface area contributed by atoms with Gasteiger partial charge in [0.15, 0.2) is 0 Å². The van der Waals surface area contributed by atoms with Crippen molar-refractivity contribution in [3.8, 4) is 18.1 Å². The summed E-state index contributed by atoms with van der Waals surface area (Å²) in [5, 5.41) is 20.1. The molecule has 0 aliphatic heterocycles. The molecule has 5 heteroatoms. The Morgan fingerprint density at radius 1 is 1.65 bits per heavy atom. The van der Waals surface area contributed by atoms with Crippen molar-refractivity contribution in [2.24, 2.45) is 0 Å². The van der Waals surface area contributed by atoms with Crippen molar-refractivity contribution in [3.05, 3.63) is 33.9 Å². The molecular weight excluding hydrogens is 222 g/mol. The molecule has 1 N–H and O–H groups in total. The largest absolute Gasteiger partial charge is 0.492 e. The summed E-state index contributed by atoms with van der Waals surface area (Å²) in [7, 11) is 0. The average molecular weight is 235 g/mol. The minimum Gasteiger partial charge on any atom is -0.492 e. The van der Waals surface area contributed by atoms with Gasteiger partial charge in [0.25, 0.3) is 5.69 Å². The summed E-state index contributed by atoms with van der Waals surface area (Å²) in [6.07, 6.45) is 4.69. The van der Waals surface area contributed by atoms with Gasteiger partial charge in [-0.15, -0.1) is 12.3 Å². The molecule has 0 saturated heterocycles. The third-order valence-corrected chi connectivity index (χ3v) is 2.16. The van der Waals surface area contributed by atoms with Crippen molar-refractivity contribution in [3.63, 3.8) is 0 Å². The zero-order valence-corrected chi connectivity index (χ0v) is 9.42. The Bertz CT molecular complexity index is 448. The Balaban J connectivity index is 2.97. The Morgan fingerprint density at radius 2 is 2.35 bits per heavy atom. The van der Waals surface area contributed by atoms with Crippen LogP contribution >= 0.6 is 0 Å². The normalized spacial score (nSPS) is 11.6. The summed E-state index contributed by atoms with van der Waals surface area (Å²) < 4.78 is 5.35. The number of benzene rings is 1. The van der Waals surface area contributed by atoms with Crippen LogP contribution in [-0.4, -0.2) is 16.6 Å². The molecular formula is C12H13NO4. The summed E-state index contributed by atoms with van der Waals surface area (Å²) in [6.45, 7) is 1.83. The van der Waals surface area contributed by atoms with E-state index in [0.29, 0.717) is 24.3 Å². The fourth-order valence-electron chi connectivity index (χ4n) is 1.33. The summed E-state index contributed by atoms with van der Waals surface area (Å²) in [5.41, 5.74) is 0.307. The lowest BCUT2D eigenvalue weighted by molar-refractivity contribution is -0.385. The maximum absolute atomic E-state index is 10.6. The fourth-order valence-corrected chi connectivity index (χ4v) is 1.33. The number of terminal acetylenes is 1. The molecule has 0 bridgehead atoms.